The van der Waals surface area contributed by atoms with Gasteiger partial charge in [0.1, 0.15) is 6.54 Å². The monoisotopic (exact) mass is 267 g/mol. The normalized spacial score (nSPS) is 16.3. The van der Waals surface area contributed by atoms with Crippen molar-refractivity contribution in [3.8, 4) is 0 Å². The molecule has 1 aromatic rings. The largest absolute Gasteiger partial charge is 0.476 e. The highest BCUT2D eigenvalue weighted by molar-refractivity contribution is 5.84. The minimum absolute atomic E-state index is 0.0146. The van der Waals surface area contributed by atoms with Crippen molar-refractivity contribution in [2.45, 2.75) is 25.4 Å². The summed E-state index contributed by atoms with van der Waals surface area (Å²) in [6, 6.07) is 0.233. The maximum atomic E-state index is 12.1. The van der Waals surface area contributed by atoms with Crippen LogP contribution in [0.1, 0.15) is 23.3 Å². The van der Waals surface area contributed by atoms with Crippen LogP contribution in [0.2, 0.25) is 0 Å². The first-order valence-corrected chi connectivity index (χ1v) is 6.17. The second kappa shape index (κ2) is 5.79. The molecule has 0 aliphatic carbocycles. The van der Waals surface area contributed by atoms with Crippen molar-refractivity contribution in [1.29, 1.82) is 0 Å². The molecule has 104 valence electrons. The van der Waals surface area contributed by atoms with Gasteiger partial charge in [0.25, 0.3) is 0 Å². The molecular weight excluding hydrogens is 250 g/mol. The third kappa shape index (κ3) is 3.28. The summed E-state index contributed by atoms with van der Waals surface area (Å²) < 4.78 is 1.25. The lowest BCUT2D eigenvalue weighted by Crippen LogP contribution is -2.45. The molecule has 1 fully saturated rings. The fraction of sp³-hybridized carbons (Fsp3) is 0.636. The van der Waals surface area contributed by atoms with Gasteiger partial charge < -0.3 is 15.3 Å². The Morgan fingerprint density at radius 1 is 1.53 bits per heavy atom. The lowest BCUT2D eigenvalue weighted by molar-refractivity contribution is -0.133. The summed E-state index contributed by atoms with van der Waals surface area (Å²) in [6.45, 7) is 1.84. The Hall–Kier alpha value is -1.96. The second-order valence-corrected chi connectivity index (χ2v) is 4.59. The standard InChI is InChI=1S/C11H17N5O3/c1-15(8-2-4-12-5-3-8)10(17)7-16-6-9(11(18)19)13-14-16/h6,8,12H,2-5,7H2,1H3,(H,18,19). The maximum absolute atomic E-state index is 12.1. The van der Waals surface area contributed by atoms with Crippen LogP contribution in [0.4, 0.5) is 0 Å². The topological polar surface area (TPSA) is 100 Å². The van der Waals surface area contributed by atoms with Gasteiger partial charge in [-0.25, -0.2) is 9.48 Å². The van der Waals surface area contributed by atoms with Crippen LogP contribution in [0.5, 0.6) is 0 Å². The zero-order valence-corrected chi connectivity index (χ0v) is 10.7. The summed E-state index contributed by atoms with van der Waals surface area (Å²) in [5, 5.41) is 19.1. The van der Waals surface area contributed by atoms with E-state index in [1.165, 1.54) is 10.9 Å². The van der Waals surface area contributed by atoms with Gasteiger partial charge in [0, 0.05) is 13.1 Å². The number of aromatic nitrogens is 3. The second-order valence-electron chi connectivity index (χ2n) is 4.59. The van der Waals surface area contributed by atoms with E-state index in [4.69, 9.17) is 5.11 Å². The van der Waals surface area contributed by atoms with E-state index < -0.39 is 5.97 Å². The quantitative estimate of drug-likeness (QED) is 0.739. The van der Waals surface area contributed by atoms with Gasteiger partial charge >= 0.3 is 5.97 Å². The molecule has 2 rings (SSSR count). The summed E-state index contributed by atoms with van der Waals surface area (Å²) in [6.07, 6.45) is 3.12. The number of rotatable bonds is 4. The van der Waals surface area contributed by atoms with Crippen LogP contribution in [0.25, 0.3) is 0 Å². The van der Waals surface area contributed by atoms with Gasteiger partial charge in [-0.2, -0.15) is 0 Å². The highest BCUT2D eigenvalue weighted by Crippen LogP contribution is 2.10. The van der Waals surface area contributed by atoms with E-state index in [1.54, 1.807) is 11.9 Å². The molecule has 0 atom stereocenters. The molecule has 0 radical (unpaired) electrons. The van der Waals surface area contributed by atoms with Crippen molar-refractivity contribution in [1.82, 2.24) is 25.2 Å². The van der Waals surface area contributed by atoms with E-state index in [2.05, 4.69) is 15.6 Å². The number of nitrogens with zero attached hydrogens (tertiary/aromatic N) is 4. The lowest BCUT2D eigenvalue weighted by Gasteiger charge is -2.31. The number of hydrogen-bond donors (Lipinski definition) is 2. The molecule has 1 saturated heterocycles. The first kappa shape index (κ1) is 13.5. The van der Waals surface area contributed by atoms with E-state index in [0.717, 1.165) is 25.9 Å². The Kier molecular flexibility index (Phi) is 4.10. The highest BCUT2D eigenvalue weighted by atomic mass is 16.4. The van der Waals surface area contributed by atoms with Crippen LogP contribution in [0.15, 0.2) is 6.20 Å². The van der Waals surface area contributed by atoms with Gasteiger partial charge in [-0.3, -0.25) is 4.79 Å². The minimum Gasteiger partial charge on any atom is -0.476 e. The number of carboxylic acid groups (broad SMARTS) is 1. The molecule has 0 saturated carbocycles. The number of likely N-dealkylation sites (N-methyl/N-ethyl adjacent to an activating group) is 1. The molecule has 0 bridgehead atoms. The number of nitrogens with one attached hydrogen (secondary N) is 1. The molecule has 1 amide bonds. The summed E-state index contributed by atoms with van der Waals surface area (Å²) in [4.78, 5) is 24.4. The summed E-state index contributed by atoms with van der Waals surface area (Å²) in [5.41, 5.74) is -0.155. The van der Waals surface area contributed by atoms with E-state index >= 15 is 0 Å². The number of hydrogen-bond acceptors (Lipinski definition) is 5. The molecule has 1 aliphatic rings. The van der Waals surface area contributed by atoms with Gasteiger partial charge in [0.15, 0.2) is 5.69 Å². The van der Waals surface area contributed by atoms with Crippen LogP contribution in [-0.2, 0) is 11.3 Å². The molecule has 0 unspecified atom stereocenters. The fourth-order valence-electron chi connectivity index (χ4n) is 2.12. The zero-order chi connectivity index (χ0) is 13.8. The molecule has 8 heteroatoms. The molecule has 1 aliphatic heterocycles. The van der Waals surface area contributed by atoms with Gasteiger partial charge in [-0.1, -0.05) is 5.21 Å². The van der Waals surface area contributed by atoms with Crippen molar-refractivity contribution in [3.63, 3.8) is 0 Å². The summed E-state index contributed by atoms with van der Waals surface area (Å²) in [5.74, 6) is -1.24. The molecule has 0 spiro atoms. The van der Waals surface area contributed by atoms with Crippen LogP contribution in [0.3, 0.4) is 0 Å². The van der Waals surface area contributed by atoms with Crippen LogP contribution < -0.4 is 5.32 Å². The van der Waals surface area contributed by atoms with Crippen LogP contribution >= 0.6 is 0 Å². The van der Waals surface area contributed by atoms with E-state index in [1.807, 2.05) is 0 Å². The average molecular weight is 267 g/mol. The molecule has 0 aromatic carbocycles. The van der Waals surface area contributed by atoms with Crippen molar-refractivity contribution in [3.05, 3.63) is 11.9 Å². The molecule has 19 heavy (non-hydrogen) atoms. The average Bonchev–Trinajstić information content (AvgIpc) is 2.87. The van der Waals surface area contributed by atoms with Gasteiger partial charge in [-0.05, 0) is 25.9 Å². The SMILES string of the molecule is CN(C(=O)Cn1cc(C(=O)O)nn1)C1CCNCC1. The van der Waals surface area contributed by atoms with E-state index in [-0.39, 0.29) is 24.2 Å². The Labute approximate surface area is 110 Å². The minimum atomic E-state index is -1.15. The first-order valence-electron chi connectivity index (χ1n) is 6.17. The van der Waals surface area contributed by atoms with Gasteiger partial charge in [0.2, 0.25) is 5.91 Å². The number of aromatic carboxylic acids is 1. The Morgan fingerprint density at radius 2 is 2.21 bits per heavy atom. The third-order valence-corrected chi connectivity index (χ3v) is 3.30. The van der Waals surface area contributed by atoms with Gasteiger partial charge in [0.05, 0.1) is 6.20 Å². The molecule has 1 aromatic heterocycles. The van der Waals surface area contributed by atoms with Crippen molar-refractivity contribution in [2.24, 2.45) is 0 Å². The van der Waals surface area contributed by atoms with E-state index in [0.29, 0.717) is 0 Å². The van der Waals surface area contributed by atoms with E-state index in [9.17, 15) is 9.59 Å². The Balaban J connectivity index is 1.93. The lowest BCUT2D eigenvalue weighted by atomic mass is 10.1. The maximum Gasteiger partial charge on any atom is 0.358 e. The Morgan fingerprint density at radius 3 is 2.79 bits per heavy atom. The van der Waals surface area contributed by atoms with Crippen molar-refractivity contribution < 1.29 is 14.7 Å². The predicted octanol–water partition coefficient (Wildman–Crippen LogP) is -0.813. The van der Waals surface area contributed by atoms with Crippen molar-refractivity contribution in [2.75, 3.05) is 20.1 Å². The number of carbonyl (C=O) groups is 2. The third-order valence-electron chi connectivity index (χ3n) is 3.30. The number of carbonyl (C=O) groups excluding carboxylic acids is 1. The predicted molar refractivity (Wildman–Crippen MR) is 65.6 cm³/mol. The highest BCUT2D eigenvalue weighted by Gasteiger charge is 2.22. The van der Waals surface area contributed by atoms with Crippen LogP contribution in [-0.4, -0.2) is 63.1 Å². The number of carboxylic acids is 1. The first-order chi connectivity index (χ1) is 9.08. The Bertz CT molecular complexity index is 467. The molecular formula is C11H17N5O3. The summed E-state index contributed by atoms with van der Waals surface area (Å²) in [7, 11) is 1.77. The smallest absolute Gasteiger partial charge is 0.358 e. The number of piperidine rings is 1. The summed E-state index contributed by atoms with van der Waals surface area (Å²) >= 11 is 0. The molecule has 8 nitrogen and oxygen atoms in total. The van der Waals surface area contributed by atoms with Crippen LogP contribution in [0, 0.1) is 0 Å². The molecule has 2 heterocycles. The van der Waals surface area contributed by atoms with Crippen molar-refractivity contribution >= 4 is 11.9 Å². The number of amides is 1. The molecule has 2 N–H and O–H groups in total. The zero-order valence-electron chi connectivity index (χ0n) is 10.7. The van der Waals surface area contributed by atoms with Gasteiger partial charge in [-0.15, -0.1) is 5.10 Å². The fourth-order valence-corrected chi connectivity index (χ4v) is 2.12.